The fourth-order valence-electron chi connectivity index (χ4n) is 1.93. The van der Waals surface area contributed by atoms with E-state index >= 15 is 0 Å². The van der Waals surface area contributed by atoms with Crippen molar-refractivity contribution in [2.75, 3.05) is 12.8 Å². The van der Waals surface area contributed by atoms with E-state index in [-0.39, 0.29) is 5.88 Å². The first-order chi connectivity index (χ1) is 9.17. The minimum absolute atomic E-state index is 0.0153. The van der Waals surface area contributed by atoms with Gasteiger partial charge in [-0.3, -0.25) is 0 Å². The zero-order chi connectivity index (χ0) is 13.4. The van der Waals surface area contributed by atoms with E-state index in [1.54, 1.807) is 23.0 Å². The number of anilines is 1. The van der Waals surface area contributed by atoms with E-state index < -0.39 is 5.82 Å². The summed E-state index contributed by atoms with van der Waals surface area (Å²) in [7, 11) is 1.38. The lowest BCUT2D eigenvalue weighted by atomic mass is 10.1. The Morgan fingerprint density at radius 2 is 2.11 bits per heavy atom. The Morgan fingerprint density at radius 1 is 1.26 bits per heavy atom. The van der Waals surface area contributed by atoms with Gasteiger partial charge in [0.2, 0.25) is 5.88 Å². The van der Waals surface area contributed by atoms with Crippen molar-refractivity contribution < 1.29 is 9.13 Å². The highest BCUT2D eigenvalue weighted by atomic mass is 19.1. The SMILES string of the molecule is COc1ncc(-c2ccn3nc(N)cc3c2)cc1F. The molecule has 0 aliphatic carbocycles. The number of halogens is 1. The molecule has 0 unspecified atom stereocenters. The number of ether oxygens (including phenoxy) is 1. The molecule has 19 heavy (non-hydrogen) atoms. The average Bonchev–Trinajstić information content (AvgIpc) is 2.77. The summed E-state index contributed by atoms with van der Waals surface area (Å²) >= 11 is 0. The number of nitrogen functional groups attached to an aromatic ring is 1. The van der Waals surface area contributed by atoms with Gasteiger partial charge < -0.3 is 10.5 Å². The van der Waals surface area contributed by atoms with Crippen LogP contribution < -0.4 is 10.5 Å². The van der Waals surface area contributed by atoms with E-state index in [4.69, 9.17) is 10.5 Å². The van der Waals surface area contributed by atoms with E-state index in [0.29, 0.717) is 11.4 Å². The zero-order valence-corrected chi connectivity index (χ0v) is 10.2. The number of fused-ring (bicyclic) bond motifs is 1. The predicted octanol–water partition coefficient (Wildman–Crippen LogP) is 2.13. The van der Waals surface area contributed by atoms with Crippen LogP contribution in [0.1, 0.15) is 0 Å². The Kier molecular flexibility index (Phi) is 2.56. The quantitative estimate of drug-likeness (QED) is 0.764. The molecule has 0 saturated carbocycles. The van der Waals surface area contributed by atoms with Crippen molar-refractivity contribution in [3.63, 3.8) is 0 Å². The van der Waals surface area contributed by atoms with Gasteiger partial charge in [-0.1, -0.05) is 0 Å². The Balaban J connectivity index is 2.10. The Labute approximate surface area is 108 Å². The molecule has 0 fully saturated rings. The van der Waals surface area contributed by atoms with Gasteiger partial charge in [-0.05, 0) is 23.8 Å². The molecular weight excluding hydrogens is 247 g/mol. The monoisotopic (exact) mass is 258 g/mol. The third-order valence-electron chi connectivity index (χ3n) is 2.82. The molecule has 0 aromatic carbocycles. The van der Waals surface area contributed by atoms with Gasteiger partial charge >= 0.3 is 0 Å². The smallest absolute Gasteiger partial charge is 0.250 e. The highest BCUT2D eigenvalue weighted by molar-refractivity contribution is 5.69. The first-order valence-electron chi connectivity index (χ1n) is 5.62. The van der Waals surface area contributed by atoms with E-state index in [1.165, 1.54) is 13.2 Å². The zero-order valence-electron chi connectivity index (χ0n) is 10.2. The van der Waals surface area contributed by atoms with Crippen LogP contribution in [0.2, 0.25) is 0 Å². The largest absolute Gasteiger partial charge is 0.479 e. The molecule has 2 N–H and O–H groups in total. The van der Waals surface area contributed by atoms with E-state index in [2.05, 4.69) is 10.1 Å². The number of rotatable bonds is 2. The van der Waals surface area contributed by atoms with Crippen molar-refractivity contribution in [1.82, 2.24) is 14.6 Å². The van der Waals surface area contributed by atoms with Crippen LogP contribution in [-0.2, 0) is 0 Å². The van der Waals surface area contributed by atoms with Crippen LogP contribution in [0.15, 0.2) is 36.7 Å². The summed E-state index contributed by atoms with van der Waals surface area (Å²) in [6.07, 6.45) is 3.33. The van der Waals surface area contributed by atoms with Gasteiger partial charge in [0.25, 0.3) is 0 Å². The molecule has 3 rings (SSSR count). The van der Waals surface area contributed by atoms with Crippen LogP contribution in [0.3, 0.4) is 0 Å². The van der Waals surface area contributed by atoms with Gasteiger partial charge in [0.1, 0.15) is 5.82 Å². The molecule has 3 aromatic heterocycles. The van der Waals surface area contributed by atoms with Gasteiger partial charge in [-0.15, -0.1) is 0 Å². The Morgan fingerprint density at radius 3 is 2.84 bits per heavy atom. The molecule has 5 nitrogen and oxygen atoms in total. The number of nitrogens with zero attached hydrogens (tertiary/aromatic N) is 3. The van der Waals surface area contributed by atoms with Gasteiger partial charge in [-0.2, -0.15) is 5.10 Å². The Bertz CT molecular complexity index is 753. The van der Waals surface area contributed by atoms with E-state index in [0.717, 1.165) is 11.1 Å². The van der Waals surface area contributed by atoms with Gasteiger partial charge in [0.15, 0.2) is 5.82 Å². The van der Waals surface area contributed by atoms with Gasteiger partial charge in [0.05, 0.1) is 12.6 Å². The maximum Gasteiger partial charge on any atom is 0.250 e. The number of nitrogens with two attached hydrogens (primary N) is 1. The molecule has 0 bridgehead atoms. The van der Waals surface area contributed by atoms with Gasteiger partial charge in [0, 0.05) is 24.0 Å². The summed E-state index contributed by atoms with van der Waals surface area (Å²) in [6, 6.07) is 6.82. The number of pyridine rings is 2. The first-order valence-corrected chi connectivity index (χ1v) is 5.62. The highest BCUT2D eigenvalue weighted by Crippen LogP contribution is 2.24. The van der Waals surface area contributed by atoms with Crippen LogP contribution in [0.5, 0.6) is 5.88 Å². The minimum atomic E-state index is -0.493. The first kappa shape index (κ1) is 11.5. The summed E-state index contributed by atoms with van der Waals surface area (Å²) in [6.45, 7) is 0. The second-order valence-electron chi connectivity index (χ2n) is 4.07. The molecule has 6 heteroatoms. The molecular formula is C13H11FN4O. The highest BCUT2D eigenvalue weighted by Gasteiger charge is 2.08. The summed E-state index contributed by atoms with van der Waals surface area (Å²) in [5.74, 6) is -0.0671. The third kappa shape index (κ3) is 1.97. The summed E-state index contributed by atoms with van der Waals surface area (Å²) in [5.41, 5.74) is 7.96. The van der Waals surface area contributed by atoms with Crippen molar-refractivity contribution >= 4 is 11.3 Å². The topological polar surface area (TPSA) is 65.4 Å². The lowest BCUT2D eigenvalue weighted by Crippen LogP contribution is -1.93. The molecule has 0 aliphatic rings. The molecule has 3 aromatic rings. The molecule has 0 radical (unpaired) electrons. The maximum absolute atomic E-state index is 13.6. The van der Waals surface area contributed by atoms with Crippen LogP contribution >= 0.6 is 0 Å². The van der Waals surface area contributed by atoms with E-state index in [1.807, 2.05) is 12.1 Å². The second kappa shape index (κ2) is 4.24. The van der Waals surface area contributed by atoms with E-state index in [9.17, 15) is 4.39 Å². The molecule has 0 atom stereocenters. The fraction of sp³-hybridized carbons (Fsp3) is 0.0769. The lowest BCUT2D eigenvalue weighted by molar-refractivity contribution is 0.369. The van der Waals surface area contributed by atoms with Crippen molar-refractivity contribution in [3.8, 4) is 17.0 Å². The maximum atomic E-state index is 13.6. The molecule has 0 spiro atoms. The van der Waals surface area contributed by atoms with Crippen LogP contribution in [0, 0.1) is 5.82 Å². The lowest BCUT2D eigenvalue weighted by Gasteiger charge is -2.05. The fourth-order valence-corrected chi connectivity index (χ4v) is 1.93. The van der Waals surface area contributed by atoms with Crippen molar-refractivity contribution in [3.05, 3.63) is 42.5 Å². The number of hydrogen-bond donors (Lipinski definition) is 1. The second-order valence-corrected chi connectivity index (χ2v) is 4.07. The minimum Gasteiger partial charge on any atom is -0.479 e. The van der Waals surface area contributed by atoms with Crippen LogP contribution in [0.4, 0.5) is 10.2 Å². The Hall–Kier alpha value is -2.63. The van der Waals surface area contributed by atoms with Crippen LogP contribution in [-0.4, -0.2) is 21.7 Å². The van der Waals surface area contributed by atoms with Crippen molar-refractivity contribution in [2.24, 2.45) is 0 Å². The van der Waals surface area contributed by atoms with Crippen molar-refractivity contribution in [2.45, 2.75) is 0 Å². The normalized spacial score (nSPS) is 10.8. The summed E-state index contributed by atoms with van der Waals surface area (Å²) in [4.78, 5) is 3.91. The third-order valence-corrected chi connectivity index (χ3v) is 2.82. The number of hydrogen-bond acceptors (Lipinski definition) is 4. The van der Waals surface area contributed by atoms with Crippen molar-refractivity contribution in [1.29, 1.82) is 0 Å². The molecule has 0 saturated heterocycles. The average molecular weight is 258 g/mol. The van der Waals surface area contributed by atoms with Gasteiger partial charge in [-0.25, -0.2) is 13.9 Å². The molecule has 0 aliphatic heterocycles. The number of aromatic nitrogens is 3. The number of methoxy groups -OCH3 is 1. The van der Waals surface area contributed by atoms with Crippen LogP contribution in [0.25, 0.3) is 16.6 Å². The molecule has 96 valence electrons. The predicted molar refractivity (Wildman–Crippen MR) is 69.3 cm³/mol. The molecule has 3 heterocycles. The molecule has 0 amide bonds. The summed E-state index contributed by atoms with van der Waals surface area (Å²) < 4.78 is 20.1. The standard InChI is InChI=1S/C13H11FN4O/c1-19-13-11(14)5-9(7-16-13)8-2-3-18-10(4-8)6-12(15)17-18/h2-7H,1H3,(H2,15,17). The summed E-state index contributed by atoms with van der Waals surface area (Å²) in [5, 5.41) is 4.08.